The maximum atomic E-state index is 12.5. The molecule has 0 fully saturated rings. The highest BCUT2D eigenvalue weighted by Gasteiger charge is 2.14. The Labute approximate surface area is 190 Å². The first kappa shape index (κ1) is 20.0. The van der Waals surface area contributed by atoms with E-state index in [1.807, 2.05) is 24.3 Å². The zero-order chi connectivity index (χ0) is 21.4. The Balaban J connectivity index is 1.24. The molecule has 0 unspecified atom stereocenters. The lowest BCUT2D eigenvalue weighted by Gasteiger charge is -2.02. The molecule has 0 bridgehead atoms. The van der Waals surface area contributed by atoms with Gasteiger partial charge in [0.05, 0.1) is 16.8 Å². The third-order valence-corrected chi connectivity index (χ3v) is 7.00. The van der Waals surface area contributed by atoms with Gasteiger partial charge in [-0.05, 0) is 35.7 Å². The molecule has 9 heteroatoms. The summed E-state index contributed by atoms with van der Waals surface area (Å²) in [7, 11) is 0. The summed E-state index contributed by atoms with van der Waals surface area (Å²) in [6.45, 7) is 0.817. The molecule has 0 saturated carbocycles. The van der Waals surface area contributed by atoms with E-state index in [0.717, 1.165) is 26.8 Å². The highest BCUT2D eigenvalue weighted by molar-refractivity contribution is 7.16. The van der Waals surface area contributed by atoms with Crippen molar-refractivity contribution in [3.8, 4) is 0 Å². The normalized spacial score (nSPS) is 11.4. The first-order valence-electron chi connectivity index (χ1n) is 9.65. The van der Waals surface area contributed by atoms with Gasteiger partial charge >= 0.3 is 4.87 Å². The number of aromatic nitrogens is 3. The van der Waals surface area contributed by atoms with Crippen LogP contribution in [0.1, 0.15) is 21.2 Å². The summed E-state index contributed by atoms with van der Waals surface area (Å²) in [5, 5.41) is 7.07. The predicted octanol–water partition coefficient (Wildman–Crippen LogP) is 4.68. The van der Waals surface area contributed by atoms with Crippen molar-refractivity contribution in [3.05, 3.63) is 85.0 Å². The highest BCUT2D eigenvalue weighted by atomic mass is 35.5. The number of benzene rings is 2. The Kier molecular flexibility index (Phi) is 5.35. The van der Waals surface area contributed by atoms with Crippen LogP contribution in [0, 0.1) is 0 Å². The summed E-state index contributed by atoms with van der Waals surface area (Å²) >= 11 is 8.62. The number of H-pyrrole nitrogens is 1. The molecule has 3 heterocycles. The molecule has 0 atom stereocenters. The predicted molar refractivity (Wildman–Crippen MR) is 127 cm³/mol. The van der Waals surface area contributed by atoms with E-state index in [4.69, 9.17) is 11.6 Å². The number of hydrogen-bond donors (Lipinski definition) is 2. The number of thiazole rings is 2. The monoisotopic (exact) mass is 468 g/mol. The first-order valence-corrected chi connectivity index (χ1v) is 11.7. The van der Waals surface area contributed by atoms with Gasteiger partial charge in [-0.2, -0.15) is 0 Å². The topological polar surface area (TPSA) is 79.8 Å². The van der Waals surface area contributed by atoms with Crippen LogP contribution in [0.15, 0.2) is 58.7 Å². The molecule has 0 saturated heterocycles. The maximum absolute atomic E-state index is 12.5. The van der Waals surface area contributed by atoms with E-state index in [0.29, 0.717) is 35.2 Å². The number of aromatic amines is 1. The van der Waals surface area contributed by atoms with Crippen molar-refractivity contribution < 1.29 is 4.79 Å². The summed E-state index contributed by atoms with van der Waals surface area (Å²) in [5.74, 6) is -0.218. The van der Waals surface area contributed by atoms with E-state index >= 15 is 0 Å². The zero-order valence-corrected chi connectivity index (χ0v) is 18.6. The summed E-state index contributed by atoms with van der Waals surface area (Å²) in [6, 6.07) is 15.6. The number of hydrogen-bond acceptors (Lipinski definition) is 5. The number of carbonyl (C=O) groups is 1. The van der Waals surface area contributed by atoms with Gasteiger partial charge in [-0.3, -0.25) is 14.2 Å². The van der Waals surface area contributed by atoms with Crippen LogP contribution in [0.25, 0.3) is 21.1 Å². The lowest BCUT2D eigenvalue weighted by Crippen LogP contribution is -2.26. The van der Waals surface area contributed by atoms with Crippen molar-refractivity contribution in [1.29, 1.82) is 0 Å². The molecule has 2 aromatic carbocycles. The van der Waals surface area contributed by atoms with Gasteiger partial charge in [0.15, 0.2) is 0 Å². The van der Waals surface area contributed by atoms with Crippen molar-refractivity contribution in [3.63, 3.8) is 0 Å². The Morgan fingerprint density at radius 2 is 2.06 bits per heavy atom. The largest absolute Gasteiger partial charge is 0.358 e. The molecule has 0 aliphatic heterocycles. The Morgan fingerprint density at radius 3 is 2.94 bits per heavy atom. The molecular weight excluding hydrogens is 452 g/mol. The third-order valence-electron chi connectivity index (χ3n) is 4.97. The molecule has 156 valence electrons. The van der Waals surface area contributed by atoms with Crippen LogP contribution in [0.4, 0.5) is 0 Å². The van der Waals surface area contributed by atoms with Crippen molar-refractivity contribution in [2.45, 2.75) is 13.0 Å². The van der Waals surface area contributed by atoms with Crippen LogP contribution in [-0.2, 0) is 13.0 Å². The van der Waals surface area contributed by atoms with Crippen LogP contribution in [0.2, 0.25) is 5.02 Å². The van der Waals surface area contributed by atoms with Crippen molar-refractivity contribution >= 4 is 61.3 Å². The van der Waals surface area contributed by atoms with Gasteiger partial charge < -0.3 is 10.3 Å². The fraction of sp³-hybridized carbons (Fsp3) is 0.136. The number of nitrogens with one attached hydrogen (secondary N) is 2. The molecule has 1 amide bonds. The minimum atomic E-state index is -0.218. The van der Waals surface area contributed by atoms with Gasteiger partial charge in [0, 0.05) is 34.6 Å². The molecule has 0 aliphatic carbocycles. The van der Waals surface area contributed by atoms with Gasteiger partial charge in [0.25, 0.3) is 5.91 Å². The Hall–Kier alpha value is -2.94. The summed E-state index contributed by atoms with van der Waals surface area (Å²) < 4.78 is 2.52. The number of amides is 1. The fourth-order valence-corrected chi connectivity index (χ4v) is 5.28. The first-order chi connectivity index (χ1) is 15.1. The van der Waals surface area contributed by atoms with Gasteiger partial charge in [-0.25, -0.2) is 4.98 Å². The number of fused-ring (bicyclic) bond motifs is 2. The van der Waals surface area contributed by atoms with E-state index in [1.54, 1.807) is 22.1 Å². The minimum Gasteiger partial charge on any atom is -0.358 e. The van der Waals surface area contributed by atoms with E-state index in [2.05, 4.69) is 27.4 Å². The minimum absolute atomic E-state index is 0.0724. The maximum Gasteiger partial charge on any atom is 0.308 e. The van der Waals surface area contributed by atoms with E-state index < -0.39 is 0 Å². The van der Waals surface area contributed by atoms with Gasteiger partial charge in [-0.15, -0.1) is 11.3 Å². The fourth-order valence-electron chi connectivity index (χ4n) is 3.48. The van der Waals surface area contributed by atoms with Gasteiger partial charge in [-0.1, -0.05) is 41.1 Å². The number of carbonyl (C=O) groups excluding carboxylic acids is 1. The molecule has 0 aliphatic rings. The average molecular weight is 469 g/mol. The highest BCUT2D eigenvalue weighted by Crippen LogP contribution is 2.23. The van der Waals surface area contributed by atoms with Crippen LogP contribution in [0.5, 0.6) is 0 Å². The summed E-state index contributed by atoms with van der Waals surface area (Å²) in [6.07, 6.45) is 0.703. The smallest absolute Gasteiger partial charge is 0.308 e. The van der Waals surface area contributed by atoms with Crippen molar-refractivity contribution in [2.75, 3.05) is 6.54 Å². The standard InChI is InChI=1S/C22H17ClN4O2S2/c23-14-5-6-19-18(10-14)27(22(29)31-19)11-20-26-17(12-30-20)21(28)24-8-7-15-9-13-3-1-2-4-16(13)25-15/h1-6,9-10,12,25H,7-8,11H2,(H,24,28). The Bertz CT molecular complexity index is 1430. The second kappa shape index (κ2) is 8.30. The van der Waals surface area contributed by atoms with E-state index in [1.165, 1.54) is 22.7 Å². The number of para-hydroxylation sites is 1. The van der Waals surface area contributed by atoms with Crippen LogP contribution < -0.4 is 10.2 Å². The zero-order valence-electron chi connectivity index (χ0n) is 16.2. The van der Waals surface area contributed by atoms with Crippen molar-refractivity contribution in [2.24, 2.45) is 0 Å². The summed E-state index contributed by atoms with van der Waals surface area (Å²) in [5.41, 5.74) is 3.30. The van der Waals surface area contributed by atoms with Gasteiger partial charge in [0.1, 0.15) is 10.7 Å². The molecule has 5 rings (SSSR count). The SMILES string of the molecule is O=C(NCCc1cc2ccccc2[nH]1)c1csc(Cn2c(=O)sc3ccc(Cl)cc32)n1. The molecular formula is C22H17ClN4O2S2. The van der Waals surface area contributed by atoms with Crippen LogP contribution in [0.3, 0.4) is 0 Å². The van der Waals surface area contributed by atoms with Crippen LogP contribution in [-0.4, -0.2) is 27.0 Å². The van der Waals surface area contributed by atoms with Gasteiger partial charge in [0.2, 0.25) is 0 Å². The van der Waals surface area contributed by atoms with Crippen molar-refractivity contribution in [1.82, 2.24) is 19.9 Å². The number of rotatable bonds is 6. The lowest BCUT2D eigenvalue weighted by atomic mass is 10.2. The summed E-state index contributed by atoms with van der Waals surface area (Å²) in [4.78, 5) is 32.6. The number of halogens is 1. The molecule has 5 aromatic rings. The third kappa shape index (κ3) is 4.14. The lowest BCUT2D eigenvalue weighted by molar-refractivity contribution is 0.0949. The molecule has 31 heavy (non-hydrogen) atoms. The second-order valence-electron chi connectivity index (χ2n) is 7.08. The van der Waals surface area contributed by atoms with E-state index in [-0.39, 0.29) is 10.8 Å². The Morgan fingerprint density at radius 1 is 1.19 bits per heavy atom. The molecule has 6 nitrogen and oxygen atoms in total. The molecule has 3 aromatic heterocycles. The molecule has 0 spiro atoms. The molecule has 2 N–H and O–H groups in total. The molecule has 0 radical (unpaired) electrons. The second-order valence-corrected chi connectivity index (χ2v) is 9.45. The average Bonchev–Trinajstić information content (AvgIpc) is 3.46. The van der Waals surface area contributed by atoms with Crippen LogP contribution >= 0.6 is 34.3 Å². The van der Waals surface area contributed by atoms with E-state index in [9.17, 15) is 9.59 Å². The number of nitrogens with zero attached hydrogens (tertiary/aromatic N) is 2. The quantitative estimate of drug-likeness (QED) is 0.380.